The predicted molar refractivity (Wildman–Crippen MR) is 148 cm³/mol. The molecule has 0 heterocycles. The lowest BCUT2D eigenvalue weighted by Gasteiger charge is -2.27. The molecule has 2 N–H and O–H groups in total. The Morgan fingerprint density at radius 3 is 1.56 bits per heavy atom. The van der Waals surface area contributed by atoms with Crippen molar-refractivity contribution >= 4 is 22.9 Å². The molecule has 2 unspecified atom stereocenters. The molecule has 0 fully saturated rings. The van der Waals surface area contributed by atoms with E-state index in [9.17, 15) is 10.2 Å². The van der Waals surface area contributed by atoms with Crippen molar-refractivity contribution in [2.24, 2.45) is 5.41 Å². The van der Waals surface area contributed by atoms with Gasteiger partial charge in [0.05, 0.1) is 6.10 Å². The van der Waals surface area contributed by atoms with Crippen LogP contribution in [-0.2, 0) is 5.41 Å². The summed E-state index contributed by atoms with van der Waals surface area (Å²) in [7, 11) is 0. The molecule has 0 radical (unpaired) electrons. The van der Waals surface area contributed by atoms with Gasteiger partial charge in [-0.25, -0.2) is 3.11 Å². The minimum Gasteiger partial charge on any atom is -0.491 e. The summed E-state index contributed by atoms with van der Waals surface area (Å²) >= 11 is 2.23. The molecule has 0 aromatic heterocycles. The number of halogens is 1. The minimum atomic E-state index is -0.536. The van der Waals surface area contributed by atoms with E-state index in [2.05, 4.69) is 98.7 Å². The van der Waals surface area contributed by atoms with Gasteiger partial charge in [-0.2, -0.15) is 0 Å². The molecular formula is C28H42INO4. The Kier molecular flexibility index (Phi) is 10.7. The first-order valence-corrected chi connectivity index (χ1v) is 13.0. The maximum Gasteiger partial charge on any atom is 0.119 e. The summed E-state index contributed by atoms with van der Waals surface area (Å²) in [6.45, 7) is 16.0. The second-order valence-electron chi connectivity index (χ2n) is 11.0. The Morgan fingerprint density at radius 1 is 0.765 bits per heavy atom. The number of benzene rings is 2. The van der Waals surface area contributed by atoms with Crippen molar-refractivity contribution in [3.63, 3.8) is 0 Å². The third-order valence-electron chi connectivity index (χ3n) is 5.83. The number of aliphatic hydroxyl groups excluding tert-OH is 2. The summed E-state index contributed by atoms with van der Waals surface area (Å²) in [6, 6.07) is 16.5. The third kappa shape index (κ3) is 9.36. The topological polar surface area (TPSA) is 62.2 Å². The van der Waals surface area contributed by atoms with E-state index in [0.717, 1.165) is 11.5 Å². The molecule has 2 atom stereocenters. The Morgan fingerprint density at radius 2 is 1.18 bits per heavy atom. The Bertz CT molecular complexity index is 859. The molecule has 0 saturated carbocycles. The highest BCUT2D eigenvalue weighted by Crippen LogP contribution is 2.33. The number of nitrogens with zero attached hydrogens (tertiary/aromatic N) is 1. The maximum atomic E-state index is 10.2. The smallest absolute Gasteiger partial charge is 0.119 e. The lowest BCUT2D eigenvalue weighted by Crippen LogP contribution is -2.33. The van der Waals surface area contributed by atoms with Crippen LogP contribution in [0.15, 0.2) is 48.5 Å². The van der Waals surface area contributed by atoms with Gasteiger partial charge in [0.25, 0.3) is 0 Å². The van der Waals surface area contributed by atoms with Crippen molar-refractivity contribution in [1.29, 1.82) is 0 Å². The van der Waals surface area contributed by atoms with Crippen LogP contribution in [-0.4, -0.2) is 51.3 Å². The first-order valence-electron chi connectivity index (χ1n) is 12.0. The van der Waals surface area contributed by atoms with E-state index in [4.69, 9.17) is 9.47 Å². The van der Waals surface area contributed by atoms with Gasteiger partial charge in [0, 0.05) is 40.9 Å². The van der Waals surface area contributed by atoms with Crippen LogP contribution in [0.25, 0.3) is 0 Å². The van der Waals surface area contributed by atoms with E-state index >= 15 is 0 Å². The molecule has 190 valence electrons. The molecule has 2 aromatic rings. The van der Waals surface area contributed by atoms with Crippen LogP contribution in [0.5, 0.6) is 11.5 Å². The number of rotatable bonds is 12. The number of hydrogen-bond donors (Lipinski definition) is 2. The van der Waals surface area contributed by atoms with Crippen molar-refractivity contribution in [3.05, 3.63) is 59.7 Å². The molecule has 0 aliphatic carbocycles. The van der Waals surface area contributed by atoms with Crippen LogP contribution < -0.4 is 9.47 Å². The molecule has 5 nitrogen and oxygen atoms in total. The van der Waals surface area contributed by atoms with Gasteiger partial charge in [-0.1, -0.05) is 58.9 Å². The van der Waals surface area contributed by atoms with E-state index in [0.29, 0.717) is 25.6 Å². The molecule has 0 aliphatic heterocycles. The highest BCUT2D eigenvalue weighted by Gasteiger charge is 2.23. The fourth-order valence-electron chi connectivity index (χ4n) is 3.72. The van der Waals surface area contributed by atoms with Crippen LogP contribution >= 0.6 is 22.9 Å². The Hall–Kier alpha value is -1.35. The molecule has 0 aliphatic rings. The van der Waals surface area contributed by atoms with Crippen LogP contribution in [0.4, 0.5) is 0 Å². The first-order chi connectivity index (χ1) is 15.8. The molecule has 34 heavy (non-hydrogen) atoms. The summed E-state index contributed by atoms with van der Waals surface area (Å²) in [5, 5.41) is 20.4. The Labute approximate surface area is 220 Å². The largest absolute Gasteiger partial charge is 0.491 e. The van der Waals surface area contributed by atoms with E-state index < -0.39 is 12.2 Å². The van der Waals surface area contributed by atoms with Gasteiger partial charge in [0.2, 0.25) is 0 Å². The lowest BCUT2D eigenvalue weighted by molar-refractivity contribution is 0.0710. The molecular weight excluding hydrogens is 541 g/mol. The zero-order valence-corrected chi connectivity index (χ0v) is 23.9. The first kappa shape index (κ1) is 28.9. The van der Waals surface area contributed by atoms with Crippen molar-refractivity contribution in [2.75, 3.05) is 19.8 Å². The minimum absolute atomic E-state index is 0.0707. The lowest BCUT2D eigenvalue weighted by atomic mass is 9.78. The molecule has 0 saturated heterocycles. The van der Waals surface area contributed by atoms with Gasteiger partial charge in [-0.3, -0.25) is 0 Å². The van der Waals surface area contributed by atoms with Crippen molar-refractivity contribution in [2.45, 2.75) is 78.6 Å². The van der Waals surface area contributed by atoms with Crippen molar-refractivity contribution in [1.82, 2.24) is 3.11 Å². The van der Waals surface area contributed by atoms with Gasteiger partial charge in [-0.05, 0) is 61.1 Å². The van der Waals surface area contributed by atoms with Gasteiger partial charge in [0.1, 0.15) is 30.8 Å². The van der Waals surface area contributed by atoms with E-state index in [1.54, 1.807) is 0 Å². The van der Waals surface area contributed by atoms with Crippen LogP contribution in [0.2, 0.25) is 0 Å². The molecule has 2 rings (SSSR count). The van der Waals surface area contributed by atoms with Crippen LogP contribution in [0, 0.1) is 5.41 Å². The summed E-state index contributed by atoms with van der Waals surface area (Å²) in [6.07, 6.45) is -0.315. The maximum absolute atomic E-state index is 10.2. The van der Waals surface area contributed by atoms with Crippen molar-refractivity contribution < 1.29 is 19.7 Å². The fraction of sp³-hybridized carbons (Fsp3) is 0.571. The predicted octanol–water partition coefficient (Wildman–Crippen LogP) is 5.99. The van der Waals surface area contributed by atoms with Crippen molar-refractivity contribution in [3.8, 4) is 11.5 Å². The average Bonchev–Trinajstić information content (AvgIpc) is 2.75. The molecule has 0 amide bonds. The normalized spacial score (nSPS) is 14.4. The number of aliphatic hydroxyl groups is 2. The molecule has 6 heteroatoms. The molecule has 0 spiro atoms. The number of ether oxygens (including phenoxy) is 2. The van der Waals surface area contributed by atoms with E-state index in [-0.39, 0.29) is 17.4 Å². The second-order valence-corrected chi connectivity index (χ2v) is 12.3. The van der Waals surface area contributed by atoms with Gasteiger partial charge in [-0.15, -0.1) is 0 Å². The van der Waals surface area contributed by atoms with Gasteiger partial charge in [0.15, 0.2) is 0 Å². The number of hydrogen-bond acceptors (Lipinski definition) is 5. The SMILES string of the molecule is CC(C)N(I)CC(O)COc1ccc(C(C)(C)c2ccc(OCC(O)CC(C)(C)C)cc2)cc1. The Balaban J connectivity index is 1.93. The second kappa shape index (κ2) is 12.6. The summed E-state index contributed by atoms with van der Waals surface area (Å²) in [5.41, 5.74) is 2.23. The van der Waals surface area contributed by atoms with Gasteiger partial charge >= 0.3 is 0 Å². The monoisotopic (exact) mass is 583 g/mol. The fourth-order valence-corrected chi connectivity index (χ4v) is 4.17. The van der Waals surface area contributed by atoms with Crippen LogP contribution in [0.3, 0.4) is 0 Å². The highest BCUT2D eigenvalue weighted by molar-refractivity contribution is 14.1. The van der Waals surface area contributed by atoms with Gasteiger partial charge < -0.3 is 19.7 Å². The highest BCUT2D eigenvalue weighted by atomic mass is 127. The summed E-state index contributed by atoms with van der Waals surface area (Å²) < 4.78 is 13.7. The zero-order chi connectivity index (χ0) is 25.5. The standard InChI is InChI=1S/C28H42INO4/c1-20(2)30(29)17-24(32)19-34-26-14-10-22(11-15-26)28(6,7)21-8-12-25(13-9-21)33-18-23(31)16-27(3,4)5/h8-15,20,23-24,31-32H,16-19H2,1-7H3. The molecule has 2 aromatic carbocycles. The van der Waals surface area contributed by atoms with E-state index in [1.807, 2.05) is 24.3 Å². The summed E-state index contributed by atoms with van der Waals surface area (Å²) in [5.74, 6) is 1.51. The quantitative estimate of drug-likeness (QED) is 0.238. The average molecular weight is 584 g/mol. The summed E-state index contributed by atoms with van der Waals surface area (Å²) in [4.78, 5) is 0. The molecule has 0 bridgehead atoms. The third-order valence-corrected chi connectivity index (χ3v) is 7.34. The zero-order valence-electron chi connectivity index (χ0n) is 21.7. The van der Waals surface area contributed by atoms with E-state index in [1.165, 1.54) is 11.1 Å². The van der Waals surface area contributed by atoms with Crippen LogP contribution in [0.1, 0.15) is 66.0 Å².